The number of carbonyl (C=O) groups is 2. The Hall–Kier alpha value is -1.84. The van der Waals surface area contributed by atoms with E-state index < -0.39 is 5.91 Å². The lowest BCUT2D eigenvalue weighted by Crippen LogP contribution is -2.19. The van der Waals surface area contributed by atoms with Gasteiger partial charge in [-0.3, -0.25) is 14.9 Å². The Bertz CT molecular complexity index is 451. The zero-order valence-electron chi connectivity index (χ0n) is 8.33. The van der Waals surface area contributed by atoms with E-state index in [-0.39, 0.29) is 17.2 Å². The molecule has 0 saturated heterocycles. The van der Waals surface area contributed by atoms with Crippen LogP contribution in [0.4, 0.5) is 0 Å². The number of imide groups is 1. The molecule has 0 saturated carbocycles. The molecule has 0 spiro atoms. The molecule has 2 amide bonds. The highest BCUT2D eigenvalue weighted by atomic mass is 16.3. The molecule has 1 heterocycles. The molecule has 0 aliphatic carbocycles. The van der Waals surface area contributed by atoms with Crippen LogP contribution >= 0.6 is 0 Å². The molecule has 4 nitrogen and oxygen atoms in total. The van der Waals surface area contributed by atoms with Crippen LogP contribution in [-0.2, 0) is 6.42 Å². The quantitative estimate of drug-likeness (QED) is 0.713. The predicted molar refractivity (Wildman–Crippen MR) is 53.9 cm³/mol. The molecule has 0 radical (unpaired) electrons. The molecule has 4 heteroatoms. The van der Waals surface area contributed by atoms with Gasteiger partial charge in [0, 0.05) is 0 Å². The second kappa shape index (κ2) is 3.38. The first kappa shape index (κ1) is 9.71. The van der Waals surface area contributed by atoms with Crippen LogP contribution in [0, 0.1) is 0 Å². The van der Waals surface area contributed by atoms with Crippen LogP contribution < -0.4 is 5.32 Å². The van der Waals surface area contributed by atoms with E-state index in [9.17, 15) is 14.7 Å². The highest BCUT2D eigenvalue weighted by Gasteiger charge is 2.27. The maximum Gasteiger partial charge on any atom is 0.259 e. The normalized spacial score (nSPS) is 13.9. The van der Waals surface area contributed by atoms with Gasteiger partial charge < -0.3 is 5.11 Å². The van der Waals surface area contributed by atoms with E-state index in [0.29, 0.717) is 17.5 Å². The largest absolute Gasteiger partial charge is 0.508 e. The van der Waals surface area contributed by atoms with Crippen LogP contribution in [-0.4, -0.2) is 16.9 Å². The number of nitrogens with one attached hydrogen (secondary N) is 1. The Kier molecular flexibility index (Phi) is 2.19. The van der Waals surface area contributed by atoms with Crippen molar-refractivity contribution in [3.8, 4) is 5.75 Å². The van der Waals surface area contributed by atoms with E-state index in [0.717, 1.165) is 6.42 Å². The second-order valence-corrected chi connectivity index (χ2v) is 3.56. The summed E-state index contributed by atoms with van der Waals surface area (Å²) in [5, 5.41) is 11.8. The lowest BCUT2D eigenvalue weighted by atomic mass is 10.0. The number of benzene rings is 1. The lowest BCUT2D eigenvalue weighted by Gasteiger charge is -2.04. The molecule has 0 aromatic heterocycles. The third-order valence-corrected chi connectivity index (χ3v) is 2.45. The van der Waals surface area contributed by atoms with Crippen LogP contribution in [0.5, 0.6) is 5.75 Å². The van der Waals surface area contributed by atoms with Gasteiger partial charge in [-0.05, 0) is 24.1 Å². The number of hydrogen-bond donors (Lipinski definition) is 2. The van der Waals surface area contributed by atoms with Gasteiger partial charge in [-0.2, -0.15) is 0 Å². The molecular weight excluding hydrogens is 194 g/mol. The minimum absolute atomic E-state index is 0.0837. The zero-order valence-corrected chi connectivity index (χ0v) is 8.33. The van der Waals surface area contributed by atoms with Gasteiger partial charge in [0.15, 0.2) is 0 Å². The summed E-state index contributed by atoms with van der Waals surface area (Å²) in [5.74, 6) is -0.735. The number of hydrogen-bond acceptors (Lipinski definition) is 3. The summed E-state index contributed by atoms with van der Waals surface area (Å²) in [4.78, 5) is 22.6. The number of phenols is 1. The van der Waals surface area contributed by atoms with Crippen molar-refractivity contribution in [2.75, 3.05) is 0 Å². The number of phenolic OH excluding ortho intramolecular Hbond substituents is 1. The maximum absolute atomic E-state index is 11.3. The second-order valence-electron chi connectivity index (χ2n) is 3.56. The highest BCUT2D eigenvalue weighted by molar-refractivity contribution is 6.21. The van der Waals surface area contributed by atoms with E-state index in [2.05, 4.69) is 5.32 Å². The van der Waals surface area contributed by atoms with E-state index in [1.165, 1.54) is 6.07 Å². The van der Waals surface area contributed by atoms with Crippen molar-refractivity contribution in [2.45, 2.75) is 19.8 Å². The summed E-state index contributed by atoms with van der Waals surface area (Å²) < 4.78 is 0. The first-order valence-electron chi connectivity index (χ1n) is 4.85. The molecule has 1 aromatic rings. The number of rotatable bonds is 2. The molecule has 0 unspecified atom stereocenters. The van der Waals surface area contributed by atoms with Gasteiger partial charge in [0.2, 0.25) is 0 Å². The fourth-order valence-electron chi connectivity index (χ4n) is 1.72. The Labute approximate surface area is 86.9 Å². The van der Waals surface area contributed by atoms with Crippen molar-refractivity contribution in [3.05, 3.63) is 28.8 Å². The van der Waals surface area contributed by atoms with Gasteiger partial charge >= 0.3 is 0 Å². The Morgan fingerprint density at radius 1 is 1.20 bits per heavy atom. The average Bonchev–Trinajstić information content (AvgIpc) is 2.44. The third kappa shape index (κ3) is 1.48. The molecule has 1 aliphatic rings. The molecule has 15 heavy (non-hydrogen) atoms. The summed E-state index contributed by atoms with van der Waals surface area (Å²) in [6.07, 6.45) is 1.57. The number of aromatic hydroxyl groups is 1. The number of amides is 2. The van der Waals surface area contributed by atoms with Crippen molar-refractivity contribution < 1.29 is 14.7 Å². The van der Waals surface area contributed by atoms with Gasteiger partial charge in [0.05, 0.1) is 11.1 Å². The Morgan fingerprint density at radius 3 is 2.40 bits per heavy atom. The highest BCUT2D eigenvalue weighted by Crippen LogP contribution is 2.26. The van der Waals surface area contributed by atoms with Gasteiger partial charge in [0.1, 0.15) is 5.75 Å². The van der Waals surface area contributed by atoms with Crippen molar-refractivity contribution >= 4 is 11.8 Å². The molecular formula is C11H11NO3. The Morgan fingerprint density at radius 2 is 1.80 bits per heavy atom. The molecule has 1 aliphatic heterocycles. The van der Waals surface area contributed by atoms with Crippen LogP contribution in [0.3, 0.4) is 0 Å². The first-order valence-corrected chi connectivity index (χ1v) is 4.85. The number of aryl methyl sites for hydroxylation is 1. The van der Waals surface area contributed by atoms with Crippen LogP contribution in [0.2, 0.25) is 0 Å². The van der Waals surface area contributed by atoms with Crippen molar-refractivity contribution in [2.24, 2.45) is 0 Å². The summed E-state index contributed by atoms with van der Waals surface area (Å²) in [7, 11) is 0. The zero-order chi connectivity index (χ0) is 11.0. The van der Waals surface area contributed by atoms with Gasteiger partial charge in [-0.25, -0.2) is 0 Å². The number of carbonyl (C=O) groups excluding carboxylic acids is 2. The fourth-order valence-corrected chi connectivity index (χ4v) is 1.72. The summed E-state index contributed by atoms with van der Waals surface area (Å²) in [5.41, 5.74) is 1.33. The molecule has 2 N–H and O–H groups in total. The van der Waals surface area contributed by atoms with Gasteiger partial charge in [-0.15, -0.1) is 0 Å². The van der Waals surface area contributed by atoms with E-state index in [1.807, 2.05) is 6.92 Å². The minimum atomic E-state index is -0.437. The minimum Gasteiger partial charge on any atom is -0.508 e. The standard InChI is InChI=1S/C11H11NO3/c1-2-3-6-4-7-8(5-9(6)13)11(15)12-10(7)14/h4-5,13H,2-3H2,1H3,(H,12,14,15). The topological polar surface area (TPSA) is 66.4 Å². The lowest BCUT2D eigenvalue weighted by molar-refractivity contribution is 0.0879. The molecule has 2 rings (SSSR count). The molecule has 0 atom stereocenters. The van der Waals surface area contributed by atoms with Gasteiger partial charge in [-0.1, -0.05) is 13.3 Å². The number of fused-ring (bicyclic) bond motifs is 1. The van der Waals surface area contributed by atoms with E-state index in [4.69, 9.17) is 0 Å². The van der Waals surface area contributed by atoms with Crippen molar-refractivity contribution in [3.63, 3.8) is 0 Å². The maximum atomic E-state index is 11.3. The predicted octanol–water partition coefficient (Wildman–Crippen LogP) is 1.23. The molecule has 1 aromatic carbocycles. The van der Waals surface area contributed by atoms with Crippen LogP contribution in [0.1, 0.15) is 39.6 Å². The molecule has 0 bridgehead atoms. The smallest absolute Gasteiger partial charge is 0.259 e. The van der Waals surface area contributed by atoms with Crippen LogP contribution in [0.25, 0.3) is 0 Å². The van der Waals surface area contributed by atoms with E-state index >= 15 is 0 Å². The summed E-state index contributed by atoms with van der Waals surface area (Å²) in [6, 6.07) is 2.95. The van der Waals surface area contributed by atoms with Gasteiger partial charge in [0.25, 0.3) is 11.8 Å². The molecule has 78 valence electrons. The molecule has 0 fully saturated rings. The van der Waals surface area contributed by atoms with E-state index in [1.54, 1.807) is 6.07 Å². The Balaban J connectivity index is 2.54. The summed E-state index contributed by atoms with van der Waals surface area (Å²) in [6.45, 7) is 1.98. The SMILES string of the molecule is CCCc1cc2c(cc1O)C(=O)NC2=O. The van der Waals surface area contributed by atoms with Crippen LogP contribution in [0.15, 0.2) is 12.1 Å². The van der Waals surface area contributed by atoms with Crippen molar-refractivity contribution in [1.29, 1.82) is 0 Å². The van der Waals surface area contributed by atoms with Crippen molar-refractivity contribution in [1.82, 2.24) is 5.32 Å². The first-order chi connectivity index (χ1) is 7.13. The third-order valence-electron chi connectivity index (χ3n) is 2.45. The fraction of sp³-hybridized carbons (Fsp3) is 0.273. The average molecular weight is 205 g/mol. The summed E-state index contributed by atoms with van der Waals surface area (Å²) >= 11 is 0. The monoisotopic (exact) mass is 205 g/mol.